The van der Waals surface area contributed by atoms with Gasteiger partial charge in [0.1, 0.15) is 0 Å². The van der Waals surface area contributed by atoms with E-state index in [0.717, 1.165) is 24.3 Å². The maximum Gasteiger partial charge on any atom is 0.0565 e. The highest BCUT2D eigenvalue weighted by Crippen LogP contribution is 2.61. The summed E-state index contributed by atoms with van der Waals surface area (Å²) in [6, 6.07) is 2.29. The van der Waals surface area contributed by atoms with Crippen molar-refractivity contribution in [3.8, 4) is 0 Å². The van der Waals surface area contributed by atoms with E-state index in [1.165, 1.54) is 38.5 Å². The quantitative estimate of drug-likeness (QED) is 0.889. The van der Waals surface area contributed by atoms with Crippen molar-refractivity contribution in [3.63, 3.8) is 0 Å². The van der Waals surface area contributed by atoms with Crippen LogP contribution in [0.2, 0.25) is 0 Å². The van der Waals surface area contributed by atoms with Crippen LogP contribution in [0.15, 0.2) is 18.5 Å². The average molecular weight is 245 g/mol. The van der Waals surface area contributed by atoms with Crippen LogP contribution in [0.4, 0.5) is 0 Å². The van der Waals surface area contributed by atoms with Crippen LogP contribution < -0.4 is 5.73 Å². The molecule has 4 saturated carbocycles. The smallest absolute Gasteiger partial charge is 0.0565 e. The summed E-state index contributed by atoms with van der Waals surface area (Å²) in [4.78, 5) is 0. The Labute approximate surface area is 109 Å². The summed E-state index contributed by atoms with van der Waals surface area (Å²) >= 11 is 0. The Morgan fingerprint density at radius 1 is 1.17 bits per heavy atom. The fourth-order valence-corrected chi connectivity index (χ4v) is 5.44. The van der Waals surface area contributed by atoms with Gasteiger partial charge in [-0.1, -0.05) is 0 Å². The standard InChI is InChI=1S/C15H23N3/c16-14(10-18-3-1-2-17-18)15-7-11-4-12(8-15)6-13(5-11)9-15/h1-3,11-14H,4-10,16H2. The van der Waals surface area contributed by atoms with Gasteiger partial charge < -0.3 is 5.73 Å². The van der Waals surface area contributed by atoms with Crippen molar-refractivity contribution in [2.75, 3.05) is 0 Å². The summed E-state index contributed by atoms with van der Waals surface area (Å²) in [5.41, 5.74) is 7.05. The second kappa shape index (κ2) is 3.83. The topological polar surface area (TPSA) is 43.8 Å². The predicted molar refractivity (Wildman–Crippen MR) is 70.8 cm³/mol. The van der Waals surface area contributed by atoms with Crippen LogP contribution in [0.1, 0.15) is 38.5 Å². The molecule has 18 heavy (non-hydrogen) atoms. The lowest BCUT2D eigenvalue weighted by Crippen LogP contribution is -2.55. The number of rotatable bonds is 3. The second-order valence-corrected chi connectivity index (χ2v) is 7.11. The third-order valence-corrected chi connectivity index (χ3v) is 5.82. The van der Waals surface area contributed by atoms with Gasteiger partial charge in [-0.3, -0.25) is 4.68 Å². The molecule has 4 bridgehead atoms. The van der Waals surface area contributed by atoms with Crippen molar-refractivity contribution in [1.29, 1.82) is 0 Å². The first kappa shape index (κ1) is 11.0. The average Bonchev–Trinajstić information content (AvgIpc) is 2.79. The highest BCUT2D eigenvalue weighted by Gasteiger charge is 2.53. The van der Waals surface area contributed by atoms with Crippen LogP contribution in [0, 0.1) is 23.2 Å². The molecule has 0 aliphatic heterocycles. The van der Waals surface area contributed by atoms with Gasteiger partial charge in [0, 0.05) is 18.4 Å². The molecule has 0 saturated heterocycles. The predicted octanol–water partition coefficient (Wildman–Crippen LogP) is 2.43. The third-order valence-electron chi connectivity index (χ3n) is 5.82. The molecule has 0 amide bonds. The van der Waals surface area contributed by atoms with E-state index < -0.39 is 0 Å². The lowest BCUT2D eigenvalue weighted by Gasteiger charge is -2.58. The van der Waals surface area contributed by atoms with Gasteiger partial charge >= 0.3 is 0 Å². The van der Waals surface area contributed by atoms with Crippen LogP contribution in [-0.4, -0.2) is 15.8 Å². The van der Waals surface area contributed by atoms with Gasteiger partial charge in [-0.2, -0.15) is 5.10 Å². The first-order chi connectivity index (χ1) is 8.73. The van der Waals surface area contributed by atoms with Gasteiger partial charge in [-0.15, -0.1) is 0 Å². The van der Waals surface area contributed by atoms with E-state index in [4.69, 9.17) is 5.73 Å². The first-order valence-corrected chi connectivity index (χ1v) is 7.46. The molecule has 1 aromatic rings. The van der Waals surface area contributed by atoms with Crippen molar-refractivity contribution in [2.45, 2.75) is 51.1 Å². The number of aromatic nitrogens is 2. The third kappa shape index (κ3) is 1.63. The molecule has 1 heterocycles. The fraction of sp³-hybridized carbons (Fsp3) is 0.800. The van der Waals surface area contributed by atoms with Gasteiger partial charge in [0.2, 0.25) is 0 Å². The number of hydrogen-bond acceptors (Lipinski definition) is 2. The minimum absolute atomic E-state index is 0.297. The Hall–Kier alpha value is -0.830. The molecule has 1 unspecified atom stereocenters. The van der Waals surface area contributed by atoms with E-state index >= 15 is 0 Å². The van der Waals surface area contributed by atoms with Gasteiger partial charge in [-0.25, -0.2) is 0 Å². The molecule has 4 fully saturated rings. The molecular weight excluding hydrogens is 222 g/mol. The maximum atomic E-state index is 6.60. The summed E-state index contributed by atoms with van der Waals surface area (Å²) in [5.74, 6) is 2.96. The van der Waals surface area contributed by atoms with E-state index in [9.17, 15) is 0 Å². The molecule has 1 aromatic heterocycles. The molecule has 3 nitrogen and oxygen atoms in total. The molecule has 3 heteroatoms. The van der Waals surface area contributed by atoms with Crippen LogP contribution >= 0.6 is 0 Å². The Morgan fingerprint density at radius 3 is 2.28 bits per heavy atom. The lowest BCUT2D eigenvalue weighted by atomic mass is 9.48. The monoisotopic (exact) mass is 245 g/mol. The molecule has 0 radical (unpaired) electrons. The molecule has 4 aliphatic carbocycles. The summed E-state index contributed by atoms with van der Waals surface area (Å²) in [7, 11) is 0. The molecule has 98 valence electrons. The summed E-state index contributed by atoms with van der Waals surface area (Å²) in [6.45, 7) is 0.902. The minimum atomic E-state index is 0.297. The largest absolute Gasteiger partial charge is 0.326 e. The highest BCUT2D eigenvalue weighted by molar-refractivity contribution is 5.05. The number of hydrogen-bond donors (Lipinski definition) is 1. The van der Waals surface area contributed by atoms with Gasteiger partial charge in [0.25, 0.3) is 0 Å². The first-order valence-electron chi connectivity index (χ1n) is 7.46. The number of nitrogens with two attached hydrogens (primary N) is 1. The highest BCUT2D eigenvalue weighted by atomic mass is 15.3. The van der Waals surface area contributed by atoms with E-state index in [-0.39, 0.29) is 0 Å². The zero-order chi connectivity index (χ0) is 12.2. The van der Waals surface area contributed by atoms with Crippen molar-refractivity contribution in [2.24, 2.45) is 28.9 Å². The lowest BCUT2D eigenvalue weighted by molar-refractivity contribution is -0.0699. The normalized spacial score (nSPS) is 43.3. The van der Waals surface area contributed by atoms with Crippen molar-refractivity contribution < 1.29 is 0 Å². The maximum absolute atomic E-state index is 6.60. The van der Waals surface area contributed by atoms with Gasteiger partial charge in [-0.05, 0) is 67.8 Å². The molecule has 0 spiro atoms. The molecular formula is C15H23N3. The van der Waals surface area contributed by atoms with Crippen LogP contribution in [0.5, 0.6) is 0 Å². The van der Waals surface area contributed by atoms with Gasteiger partial charge in [0.05, 0.1) is 6.54 Å². The van der Waals surface area contributed by atoms with E-state index in [0.29, 0.717) is 11.5 Å². The molecule has 0 aromatic carbocycles. The zero-order valence-electron chi connectivity index (χ0n) is 11.0. The molecule has 1 atom stereocenters. The van der Waals surface area contributed by atoms with Crippen LogP contribution in [0.25, 0.3) is 0 Å². The van der Waals surface area contributed by atoms with Crippen molar-refractivity contribution in [3.05, 3.63) is 18.5 Å². The summed E-state index contributed by atoms with van der Waals surface area (Å²) in [6.07, 6.45) is 12.5. The van der Waals surface area contributed by atoms with E-state index in [1.807, 2.05) is 23.1 Å². The zero-order valence-corrected chi connectivity index (χ0v) is 11.0. The molecule has 2 N–H and O–H groups in total. The van der Waals surface area contributed by atoms with Crippen molar-refractivity contribution in [1.82, 2.24) is 9.78 Å². The Balaban J connectivity index is 1.56. The molecule has 5 rings (SSSR count). The SMILES string of the molecule is NC(Cn1cccn1)C12CC3CC(CC(C3)C1)C2. The van der Waals surface area contributed by atoms with E-state index in [1.54, 1.807) is 0 Å². The summed E-state index contributed by atoms with van der Waals surface area (Å²) < 4.78 is 2.02. The van der Waals surface area contributed by atoms with Crippen molar-refractivity contribution >= 4 is 0 Å². The van der Waals surface area contributed by atoms with Crippen LogP contribution in [0.3, 0.4) is 0 Å². The Bertz CT molecular complexity index is 388. The van der Waals surface area contributed by atoms with Crippen LogP contribution in [-0.2, 0) is 6.54 Å². The fourth-order valence-electron chi connectivity index (χ4n) is 5.44. The van der Waals surface area contributed by atoms with Gasteiger partial charge in [0.15, 0.2) is 0 Å². The Kier molecular flexibility index (Phi) is 2.35. The molecule has 4 aliphatic rings. The number of nitrogens with zero attached hydrogens (tertiary/aromatic N) is 2. The second-order valence-electron chi connectivity index (χ2n) is 7.11. The summed E-state index contributed by atoms with van der Waals surface area (Å²) in [5, 5.41) is 4.32. The van der Waals surface area contributed by atoms with E-state index in [2.05, 4.69) is 5.10 Å². The minimum Gasteiger partial charge on any atom is -0.326 e. The Morgan fingerprint density at radius 2 is 1.78 bits per heavy atom.